The molecule has 2 aromatic rings. The molecule has 0 aliphatic heterocycles. The Morgan fingerprint density at radius 1 is 1.14 bits per heavy atom. The standard InChI is InChI=1S/C21H26N2O4S/c1-5-27-20-9-7-6-8-18(20)12-15-21(24)22-16(2)17-10-13-19(14-11-17)28(25,26)23(3)4/h6-16H,5H2,1-4H3,(H,22,24)/b15-12+. The minimum absolute atomic E-state index is 0.215. The number of rotatable bonds is 8. The Morgan fingerprint density at radius 3 is 2.39 bits per heavy atom. The van der Waals surface area contributed by atoms with Crippen molar-refractivity contribution in [3.63, 3.8) is 0 Å². The fraction of sp³-hybridized carbons (Fsp3) is 0.286. The van der Waals surface area contributed by atoms with Gasteiger partial charge in [-0.3, -0.25) is 4.79 Å². The number of nitrogens with one attached hydrogen (secondary N) is 1. The first kappa shape index (κ1) is 21.7. The fourth-order valence-corrected chi connectivity index (χ4v) is 3.46. The van der Waals surface area contributed by atoms with E-state index in [1.165, 1.54) is 20.2 Å². The molecule has 0 heterocycles. The quantitative estimate of drug-likeness (QED) is 0.688. The van der Waals surface area contributed by atoms with Crippen LogP contribution in [0.2, 0.25) is 0 Å². The monoisotopic (exact) mass is 402 g/mol. The van der Waals surface area contributed by atoms with Crippen LogP contribution in [0.5, 0.6) is 5.75 Å². The Morgan fingerprint density at radius 2 is 1.79 bits per heavy atom. The highest BCUT2D eigenvalue weighted by molar-refractivity contribution is 7.89. The lowest BCUT2D eigenvalue weighted by molar-refractivity contribution is -0.117. The number of benzene rings is 2. The van der Waals surface area contributed by atoms with Crippen molar-refractivity contribution in [2.24, 2.45) is 0 Å². The van der Waals surface area contributed by atoms with Gasteiger partial charge in [-0.25, -0.2) is 12.7 Å². The second-order valence-corrected chi connectivity index (χ2v) is 8.54. The summed E-state index contributed by atoms with van der Waals surface area (Å²) in [6.07, 6.45) is 3.17. The summed E-state index contributed by atoms with van der Waals surface area (Å²) in [5, 5.41) is 2.87. The van der Waals surface area contributed by atoms with E-state index in [-0.39, 0.29) is 16.8 Å². The number of amides is 1. The van der Waals surface area contributed by atoms with Crippen molar-refractivity contribution in [1.29, 1.82) is 0 Å². The van der Waals surface area contributed by atoms with Crippen LogP contribution in [-0.4, -0.2) is 39.3 Å². The third-order valence-corrected chi connectivity index (χ3v) is 5.98. The molecule has 0 aliphatic carbocycles. The number of carbonyl (C=O) groups is 1. The van der Waals surface area contributed by atoms with Gasteiger partial charge in [0.1, 0.15) is 5.75 Å². The van der Waals surface area contributed by atoms with Crippen LogP contribution >= 0.6 is 0 Å². The highest BCUT2D eigenvalue weighted by atomic mass is 32.2. The molecule has 7 heteroatoms. The zero-order valence-corrected chi connectivity index (χ0v) is 17.4. The van der Waals surface area contributed by atoms with Crippen molar-refractivity contribution in [2.75, 3.05) is 20.7 Å². The van der Waals surface area contributed by atoms with Gasteiger partial charge in [-0.1, -0.05) is 30.3 Å². The van der Waals surface area contributed by atoms with E-state index in [4.69, 9.17) is 4.74 Å². The van der Waals surface area contributed by atoms with Crippen molar-refractivity contribution in [3.8, 4) is 5.75 Å². The van der Waals surface area contributed by atoms with Gasteiger partial charge in [0, 0.05) is 25.7 Å². The molecular weight excluding hydrogens is 376 g/mol. The second-order valence-electron chi connectivity index (χ2n) is 6.39. The molecule has 1 unspecified atom stereocenters. The first-order valence-electron chi connectivity index (χ1n) is 8.98. The van der Waals surface area contributed by atoms with Crippen molar-refractivity contribution in [1.82, 2.24) is 9.62 Å². The Balaban J connectivity index is 2.05. The molecule has 2 rings (SSSR count). The number of sulfonamides is 1. The van der Waals surface area contributed by atoms with Gasteiger partial charge in [0.05, 0.1) is 17.5 Å². The summed E-state index contributed by atoms with van der Waals surface area (Å²) in [4.78, 5) is 12.5. The topological polar surface area (TPSA) is 75.7 Å². The van der Waals surface area contributed by atoms with Crippen molar-refractivity contribution in [2.45, 2.75) is 24.8 Å². The molecule has 1 N–H and O–H groups in total. The van der Waals surface area contributed by atoms with E-state index in [9.17, 15) is 13.2 Å². The lowest BCUT2D eigenvalue weighted by Gasteiger charge is -2.15. The average molecular weight is 403 g/mol. The summed E-state index contributed by atoms with van der Waals surface area (Å²) in [6.45, 7) is 4.30. The maximum atomic E-state index is 12.2. The van der Waals surface area contributed by atoms with Gasteiger partial charge < -0.3 is 10.1 Å². The van der Waals surface area contributed by atoms with Gasteiger partial charge in [0.2, 0.25) is 15.9 Å². The smallest absolute Gasteiger partial charge is 0.244 e. The van der Waals surface area contributed by atoms with Crippen LogP contribution in [-0.2, 0) is 14.8 Å². The van der Waals surface area contributed by atoms with Crippen LogP contribution < -0.4 is 10.1 Å². The van der Waals surface area contributed by atoms with E-state index >= 15 is 0 Å². The van der Waals surface area contributed by atoms with E-state index in [0.29, 0.717) is 6.61 Å². The largest absolute Gasteiger partial charge is 0.493 e. The average Bonchev–Trinajstić information content (AvgIpc) is 2.67. The highest BCUT2D eigenvalue weighted by Crippen LogP contribution is 2.20. The minimum Gasteiger partial charge on any atom is -0.493 e. The Bertz CT molecular complexity index is 935. The lowest BCUT2D eigenvalue weighted by atomic mass is 10.1. The molecule has 150 valence electrons. The first-order chi connectivity index (χ1) is 13.3. The molecule has 0 saturated carbocycles. The Hall–Kier alpha value is -2.64. The normalized spacial score (nSPS) is 12.9. The molecule has 0 bridgehead atoms. The van der Waals surface area contributed by atoms with Gasteiger partial charge in [0.15, 0.2) is 0 Å². The summed E-state index contributed by atoms with van der Waals surface area (Å²) in [6, 6.07) is 13.7. The van der Waals surface area contributed by atoms with Crippen LogP contribution in [0, 0.1) is 0 Å². The molecular formula is C21H26N2O4S. The van der Waals surface area contributed by atoms with Crippen molar-refractivity contribution in [3.05, 3.63) is 65.7 Å². The molecule has 0 fully saturated rings. The minimum atomic E-state index is -3.47. The first-order valence-corrected chi connectivity index (χ1v) is 10.4. The zero-order chi connectivity index (χ0) is 20.7. The van der Waals surface area contributed by atoms with Gasteiger partial charge in [-0.05, 0) is 43.7 Å². The third kappa shape index (κ3) is 5.43. The van der Waals surface area contributed by atoms with Crippen LogP contribution in [0.1, 0.15) is 31.0 Å². The highest BCUT2D eigenvalue weighted by Gasteiger charge is 2.17. The predicted octanol–water partition coefficient (Wildman–Crippen LogP) is 3.23. The Labute approximate surface area is 166 Å². The summed E-state index contributed by atoms with van der Waals surface area (Å²) in [5.74, 6) is 0.476. The molecule has 0 spiro atoms. The molecule has 0 aromatic heterocycles. The number of carbonyl (C=O) groups excluding carboxylic acids is 1. The molecule has 0 radical (unpaired) electrons. The molecule has 2 aromatic carbocycles. The molecule has 1 atom stereocenters. The van der Waals surface area contributed by atoms with Crippen molar-refractivity contribution < 1.29 is 17.9 Å². The van der Waals surface area contributed by atoms with Crippen LogP contribution in [0.25, 0.3) is 6.08 Å². The zero-order valence-electron chi connectivity index (χ0n) is 16.5. The van der Waals surface area contributed by atoms with Crippen molar-refractivity contribution >= 4 is 22.0 Å². The molecule has 28 heavy (non-hydrogen) atoms. The van der Waals surface area contributed by atoms with E-state index in [1.54, 1.807) is 30.3 Å². The van der Waals surface area contributed by atoms with E-state index in [1.807, 2.05) is 38.1 Å². The van der Waals surface area contributed by atoms with Gasteiger partial charge in [-0.15, -0.1) is 0 Å². The number of ether oxygens (including phenoxy) is 1. The maximum Gasteiger partial charge on any atom is 0.244 e. The number of hydrogen-bond acceptors (Lipinski definition) is 4. The number of nitrogens with zero attached hydrogens (tertiary/aromatic N) is 1. The maximum absolute atomic E-state index is 12.2. The molecule has 6 nitrogen and oxygen atoms in total. The predicted molar refractivity (Wildman–Crippen MR) is 111 cm³/mol. The van der Waals surface area contributed by atoms with Crippen LogP contribution in [0.3, 0.4) is 0 Å². The summed E-state index contributed by atoms with van der Waals surface area (Å²) < 4.78 is 30.9. The summed E-state index contributed by atoms with van der Waals surface area (Å²) in [7, 11) is -0.491. The number of hydrogen-bond donors (Lipinski definition) is 1. The van der Waals surface area contributed by atoms with Crippen LogP contribution in [0.4, 0.5) is 0 Å². The van der Waals surface area contributed by atoms with E-state index in [0.717, 1.165) is 21.2 Å². The molecule has 0 aliphatic rings. The fourth-order valence-electron chi connectivity index (χ4n) is 2.55. The summed E-state index contributed by atoms with van der Waals surface area (Å²) >= 11 is 0. The molecule has 0 saturated heterocycles. The van der Waals surface area contributed by atoms with Gasteiger partial charge >= 0.3 is 0 Å². The summed E-state index contributed by atoms with van der Waals surface area (Å²) in [5.41, 5.74) is 1.64. The molecule has 1 amide bonds. The Kier molecular flexibility index (Phi) is 7.37. The lowest BCUT2D eigenvalue weighted by Crippen LogP contribution is -2.25. The van der Waals surface area contributed by atoms with E-state index < -0.39 is 10.0 Å². The number of para-hydroxylation sites is 1. The van der Waals surface area contributed by atoms with Gasteiger partial charge in [-0.2, -0.15) is 0 Å². The van der Waals surface area contributed by atoms with Crippen LogP contribution in [0.15, 0.2) is 59.5 Å². The third-order valence-electron chi connectivity index (χ3n) is 4.15. The SMILES string of the molecule is CCOc1ccccc1/C=C/C(=O)NC(C)c1ccc(S(=O)(=O)N(C)C)cc1. The second kappa shape index (κ2) is 9.52. The van der Waals surface area contributed by atoms with Gasteiger partial charge in [0.25, 0.3) is 0 Å². The van der Waals surface area contributed by atoms with E-state index in [2.05, 4.69) is 5.32 Å².